The molecule has 0 aliphatic carbocycles. The van der Waals surface area contributed by atoms with Gasteiger partial charge in [0.15, 0.2) is 5.96 Å². The number of ether oxygens (including phenoxy) is 2. The van der Waals surface area contributed by atoms with Crippen LogP contribution in [0.15, 0.2) is 4.99 Å². The van der Waals surface area contributed by atoms with E-state index in [0.717, 1.165) is 71.2 Å². The molecule has 2 heterocycles. The average Bonchev–Trinajstić information content (AvgIpc) is 2.61. The van der Waals surface area contributed by atoms with Crippen LogP contribution in [-0.4, -0.2) is 74.0 Å². The second-order valence-electron chi connectivity index (χ2n) is 6.87. The fourth-order valence-corrected chi connectivity index (χ4v) is 4.34. The zero-order chi connectivity index (χ0) is 17.2. The number of hydrogen-bond donors (Lipinski definition) is 1. The van der Waals surface area contributed by atoms with Crippen molar-refractivity contribution in [2.75, 3.05) is 51.8 Å². The number of hydrogen-bond acceptors (Lipinski definition) is 4. The van der Waals surface area contributed by atoms with Crippen molar-refractivity contribution in [2.45, 2.75) is 51.4 Å². The molecule has 0 saturated carbocycles. The standard InChI is InChI=1S/C18H35N3O2S/c1-4-19-18(21-9-13-24-17(14-21)15(2)3)20-8-5-10-23-16-6-11-22-12-7-16/h15-17H,4-14H2,1-3H3,(H,19,20). The maximum Gasteiger partial charge on any atom is 0.193 e. The monoisotopic (exact) mass is 357 g/mol. The lowest BCUT2D eigenvalue weighted by Crippen LogP contribution is -2.49. The Balaban J connectivity index is 1.73. The van der Waals surface area contributed by atoms with Gasteiger partial charge in [-0.25, -0.2) is 0 Å². The van der Waals surface area contributed by atoms with Crippen LogP contribution in [0.25, 0.3) is 0 Å². The van der Waals surface area contributed by atoms with Gasteiger partial charge in [0.1, 0.15) is 0 Å². The molecular formula is C18H35N3O2S. The lowest BCUT2D eigenvalue weighted by atomic mass is 10.1. The van der Waals surface area contributed by atoms with Gasteiger partial charge in [0, 0.05) is 57.0 Å². The summed E-state index contributed by atoms with van der Waals surface area (Å²) in [6, 6.07) is 0. The molecule has 5 nitrogen and oxygen atoms in total. The molecule has 0 radical (unpaired) electrons. The van der Waals surface area contributed by atoms with Gasteiger partial charge in [-0.3, -0.25) is 4.99 Å². The first kappa shape index (κ1) is 19.9. The minimum Gasteiger partial charge on any atom is -0.381 e. The van der Waals surface area contributed by atoms with E-state index in [4.69, 9.17) is 14.5 Å². The van der Waals surface area contributed by atoms with Gasteiger partial charge in [0.25, 0.3) is 0 Å². The van der Waals surface area contributed by atoms with Crippen molar-refractivity contribution < 1.29 is 9.47 Å². The Morgan fingerprint density at radius 2 is 2.17 bits per heavy atom. The predicted octanol–water partition coefficient (Wildman–Crippen LogP) is 2.61. The van der Waals surface area contributed by atoms with Crippen molar-refractivity contribution in [3.8, 4) is 0 Å². The summed E-state index contributed by atoms with van der Waals surface area (Å²) >= 11 is 2.10. The van der Waals surface area contributed by atoms with Crippen molar-refractivity contribution in [1.82, 2.24) is 10.2 Å². The molecular weight excluding hydrogens is 322 g/mol. The van der Waals surface area contributed by atoms with Crippen molar-refractivity contribution in [2.24, 2.45) is 10.9 Å². The second-order valence-corrected chi connectivity index (χ2v) is 8.22. The molecule has 1 unspecified atom stereocenters. The molecule has 24 heavy (non-hydrogen) atoms. The van der Waals surface area contributed by atoms with Gasteiger partial charge in [-0.15, -0.1) is 0 Å². The third-order valence-electron chi connectivity index (χ3n) is 4.56. The molecule has 0 aromatic rings. The largest absolute Gasteiger partial charge is 0.381 e. The third-order valence-corrected chi connectivity index (χ3v) is 6.10. The first-order chi connectivity index (χ1) is 11.7. The van der Waals surface area contributed by atoms with Crippen LogP contribution in [0.1, 0.15) is 40.0 Å². The maximum atomic E-state index is 5.93. The molecule has 1 atom stereocenters. The van der Waals surface area contributed by atoms with Gasteiger partial charge in [-0.05, 0) is 32.1 Å². The van der Waals surface area contributed by atoms with Gasteiger partial charge in [-0.1, -0.05) is 13.8 Å². The van der Waals surface area contributed by atoms with Crippen molar-refractivity contribution in [3.05, 3.63) is 0 Å². The van der Waals surface area contributed by atoms with Gasteiger partial charge in [-0.2, -0.15) is 11.8 Å². The zero-order valence-corrected chi connectivity index (χ0v) is 16.4. The molecule has 6 heteroatoms. The quantitative estimate of drug-likeness (QED) is 0.431. The molecule has 0 amide bonds. The van der Waals surface area contributed by atoms with E-state index in [0.29, 0.717) is 17.3 Å². The summed E-state index contributed by atoms with van der Waals surface area (Å²) in [5.41, 5.74) is 0. The van der Waals surface area contributed by atoms with Crippen LogP contribution >= 0.6 is 11.8 Å². The van der Waals surface area contributed by atoms with Crippen LogP contribution in [0, 0.1) is 5.92 Å². The van der Waals surface area contributed by atoms with E-state index in [-0.39, 0.29) is 0 Å². The summed E-state index contributed by atoms with van der Waals surface area (Å²) in [6.07, 6.45) is 3.45. The Morgan fingerprint density at radius 1 is 1.38 bits per heavy atom. The number of nitrogens with one attached hydrogen (secondary N) is 1. The number of thioether (sulfide) groups is 1. The lowest BCUT2D eigenvalue weighted by molar-refractivity contribution is -0.0318. The lowest BCUT2D eigenvalue weighted by Gasteiger charge is -2.36. The van der Waals surface area contributed by atoms with Gasteiger partial charge in [0.05, 0.1) is 6.10 Å². The van der Waals surface area contributed by atoms with E-state index < -0.39 is 0 Å². The van der Waals surface area contributed by atoms with Crippen LogP contribution in [0.5, 0.6) is 0 Å². The zero-order valence-electron chi connectivity index (χ0n) is 15.6. The number of guanidine groups is 1. The van der Waals surface area contributed by atoms with Crippen LogP contribution in [-0.2, 0) is 9.47 Å². The molecule has 0 aromatic carbocycles. The predicted molar refractivity (Wildman–Crippen MR) is 103 cm³/mol. The van der Waals surface area contributed by atoms with Crippen molar-refractivity contribution >= 4 is 17.7 Å². The highest BCUT2D eigenvalue weighted by Gasteiger charge is 2.24. The highest BCUT2D eigenvalue weighted by Crippen LogP contribution is 2.24. The van der Waals surface area contributed by atoms with Gasteiger partial charge >= 0.3 is 0 Å². The first-order valence-corrected chi connectivity index (χ1v) is 10.6. The van der Waals surface area contributed by atoms with E-state index in [1.54, 1.807) is 0 Å². The number of nitrogens with zero attached hydrogens (tertiary/aromatic N) is 2. The maximum absolute atomic E-state index is 5.93. The number of rotatable bonds is 7. The molecule has 2 aliphatic rings. The molecule has 140 valence electrons. The van der Waals surface area contributed by atoms with Crippen LogP contribution in [0.4, 0.5) is 0 Å². The van der Waals surface area contributed by atoms with Crippen molar-refractivity contribution in [3.63, 3.8) is 0 Å². The smallest absolute Gasteiger partial charge is 0.193 e. The van der Waals surface area contributed by atoms with Crippen LogP contribution < -0.4 is 5.32 Å². The molecule has 0 bridgehead atoms. The average molecular weight is 358 g/mol. The van der Waals surface area contributed by atoms with E-state index in [9.17, 15) is 0 Å². The minimum absolute atomic E-state index is 0.391. The first-order valence-electron chi connectivity index (χ1n) is 9.55. The van der Waals surface area contributed by atoms with Crippen LogP contribution in [0.3, 0.4) is 0 Å². The molecule has 2 fully saturated rings. The summed E-state index contributed by atoms with van der Waals surface area (Å²) in [6.45, 7) is 13.2. The molecule has 1 N–H and O–H groups in total. The third kappa shape index (κ3) is 6.81. The summed E-state index contributed by atoms with van der Waals surface area (Å²) in [4.78, 5) is 7.27. The van der Waals surface area contributed by atoms with Gasteiger partial charge < -0.3 is 19.7 Å². The van der Waals surface area contributed by atoms with E-state index in [2.05, 4.69) is 42.7 Å². The Kier molecular flexibility index (Phi) is 9.28. The summed E-state index contributed by atoms with van der Waals surface area (Å²) in [5, 5.41) is 4.17. The summed E-state index contributed by atoms with van der Waals surface area (Å²) in [5.74, 6) is 2.99. The van der Waals surface area contributed by atoms with E-state index in [1.807, 2.05) is 0 Å². The fourth-order valence-electron chi connectivity index (χ4n) is 3.04. The van der Waals surface area contributed by atoms with Crippen LogP contribution in [0.2, 0.25) is 0 Å². The Morgan fingerprint density at radius 3 is 2.88 bits per heavy atom. The molecule has 0 spiro atoms. The van der Waals surface area contributed by atoms with E-state index in [1.165, 1.54) is 5.75 Å². The highest BCUT2D eigenvalue weighted by atomic mass is 32.2. The molecule has 2 saturated heterocycles. The Bertz CT molecular complexity index is 373. The topological polar surface area (TPSA) is 46.1 Å². The van der Waals surface area contributed by atoms with E-state index >= 15 is 0 Å². The second kappa shape index (κ2) is 11.2. The fraction of sp³-hybridized carbons (Fsp3) is 0.944. The Labute approximate surface area is 151 Å². The SMILES string of the molecule is CCNC(=NCCCOC1CCOCC1)N1CCSC(C(C)C)C1. The molecule has 0 aromatic heterocycles. The normalized spacial score (nSPS) is 23.8. The molecule has 2 aliphatic heterocycles. The highest BCUT2D eigenvalue weighted by molar-refractivity contribution is 8.00. The molecule has 2 rings (SSSR count). The van der Waals surface area contributed by atoms with Gasteiger partial charge in [0.2, 0.25) is 0 Å². The Hall–Kier alpha value is -0.460. The minimum atomic E-state index is 0.391. The van der Waals surface area contributed by atoms with Crippen molar-refractivity contribution in [1.29, 1.82) is 0 Å². The summed E-state index contributed by atoms with van der Waals surface area (Å²) < 4.78 is 11.3. The summed E-state index contributed by atoms with van der Waals surface area (Å²) in [7, 11) is 0. The number of aliphatic imine (C=N–C) groups is 1.